The number of hydrogen-bond acceptors (Lipinski definition) is 1. The van der Waals surface area contributed by atoms with Crippen molar-refractivity contribution < 1.29 is 4.79 Å². The Hall–Kier alpha value is -0.590. The molecule has 1 unspecified atom stereocenters. The van der Waals surface area contributed by atoms with Crippen LogP contribution in [0.5, 0.6) is 0 Å². The number of ketones is 1. The Labute approximate surface area is 82.2 Å². The van der Waals surface area contributed by atoms with E-state index in [1.54, 1.807) is 6.92 Å². The Kier molecular flexibility index (Phi) is 7.66. The maximum absolute atomic E-state index is 10.8. The van der Waals surface area contributed by atoms with E-state index in [9.17, 15) is 4.79 Å². The second-order valence-corrected chi connectivity index (χ2v) is 3.81. The summed E-state index contributed by atoms with van der Waals surface area (Å²) in [6.45, 7) is 5.96. The second-order valence-electron chi connectivity index (χ2n) is 3.81. The third-order valence-electron chi connectivity index (χ3n) is 2.05. The van der Waals surface area contributed by atoms with Crippen molar-refractivity contribution in [3.63, 3.8) is 0 Å². The van der Waals surface area contributed by atoms with E-state index in [-0.39, 0.29) is 5.78 Å². The summed E-state index contributed by atoms with van der Waals surface area (Å²) < 4.78 is 0. The van der Waals surface area contributed by atoms with E-state index >= 15 is 0 Å². The predicted molar refractivity (Wildman–Crippen MR) is 57.7 cm³/mol. The van der Waals surface area contributed by atoms with Crippen molar-refractivity contribution >= 4 is 5.78 Å². The van der Waals surface area contributed by atoms with E-state index in [0.29, 0.717) is 12.3 Å². The highest BCUT2D eigenvalue weighted by atomic mass is 16.1. The van der Waals surface area contributed by atoms with Gasteiger partial charge < -0.3 is 4.79 Å². The highest BCUT2D eigenvalue weighted by Gasteiger charge is 1.99. The smallest absolute Gasteiger partial charge is 0.130 e. The standard InChI is InChI=1S/C12H22O/c1-4-5-6-7-8-9-11(2)10-12(3)13/h8-9,11H,4-7,10H2,1-3H3. The van der Waals surface area contributed by atoms with Crippen molar-refractivity contribution in [2.75, 3.05) is 0 Å². The molecule has 0 aliphatic carbocycles. The number of Topliss-reactive ketones (excluding diaryl/α,β-unsaturated/α-hetero) is 1. The maximum atomic E-state index is 10.8. The predicted octanol–water partition coefficient (Wildman–Crippen LogP) is 3.74. The molecule has 1 heteroatoms. The summed E-state index contributed by atoms with van der Waals surface area (Å²) >= 11 is 0. The number of carbonyl (C=O) groups excluding carboxylic acids is 1. The average Bonchev–Trinajstić information content (AvgIpc) is 2.02. The molecule has 76 valence electrons. The van der Waals surface area contributed by atoms with Gasteiger partial charge in [-0.2, -0.15) is 0 Å². The van der Waals surface area contributed by atoms with Crippen LogP contribution in [0.25, 0.3) is 0 Å². The van der Waals surface area contributed by atoms with Gasteiger partial charge in [0.25, 0.3) is 0 Å². The second kappa shape index (κ2) is 8.03. The fourth-order valence-corrected chi connectivity index (χ4v) is 1.36. The van der Waals surface area contributed by atoms with Crippen LogP contribution in [0.2, 0.25) is 0 Å². The molecule has 13 heavy (non-hydrogen) atoms. The fourth-order valence-electron chi connectivity index (χ4n) is 1.36. The molecule has 0 aromatic rings. The molecule has 0 heterocycles. The maximum Gasteiger partial charge on any atom is 0.130 e. The molecular weight excluding hydrogens is 160 g/mol. The summed E-state index contributed by atoms with van der Waals surface area (Å²) in [5.74, 6) is 0.699. The molecule has 0 bridgehead atoms. The van der Waals surface area contributed by atoms with Gasteiger partial charge in [-0.3, -0.25) is 0 Å². The van der Waals surface area contributed by atoms with Crippen LogP contribution in [0, 0.1) is 5.92 Å². The van der Waals surface area contributed by atoms with Crippen molar-refractivity contribution in [3.8, 4) is 0 Å². The number of hydrogen-bond donors (Lipinski definition) is 0. The molecule has 0 N–H and O–H groups in total. The lowest BCUT2D eigenvalue weighted by atomic mass is 10.0. The molecule has 0 spiro atoms. The van der Waals surface area contributed by atoms with Crippen molar-refractivity contribution in [3.05, 3.63) is 12.2 Å². The Bertz CT molecular complexity index is 159. The first-order valence-corrected chi connectivity index (χ1v) is 5.33. The highest BCUT2D eigenvalue weighted by Crippen LogP contribution is 2.06. The fraction of sp³-hybridized carbons (Fsp3) is 0.750. The summed E-state index contributed by atoms with van der Waals surface area (Å²) in [5, 5.41) is 0. The van der Waals surface area contributed by atoms with Gasteiger partial charge in [0.15, 0.2) is 0 Å². The van der Waals surface area contributed by atoms with Gasteiger partial charge in [-0.1, -0.05) is 38.8 Å². The SMILES string of the molecule is CCCCCC=CC(C)CC(C)=O. The van der Waals surface area contributed by atoms with Gasteiger partial charge in [0.05, 0.1) is 0 Å². The summed E-state index contributed by atoms with van der Waals surface area (Å²) in [4.78, 5) is 10.8. The normalized spacial score (nSPS) is 13.5. The van der Waals surface area contributed by atoms with Gasteiger partial charge in [0, 0.05) is 6.42 Å². The topological polar surface area (TPSA) is 17.1 Å². The first-order valence-electron chi connectivity index (χ1n) is 5.33. The van der Waals surface area contributed by atoms with Gasteiger partial charge in [0.1, 0.15) is 5.78 Å². The summed E-state index contributed by atoms with van der Waals surface area (Å²) in [7, 11) is 0. The van der Waals surface area contributed by atoms with Gasteiger partial charge in [-0.05, 0) is 25.7 Å². The Morgan fingerprint density at radius 2 is 2.08 bits per heavy atom. The minimum absolute atomic E-state index is 0.283. The van der Waals surface area contributed by atoms with Crippen molar-refractivity contribution in [1.82, 2.24) is 0 Å². The molecule has 0 radical (unpaired) electrons. The molecule has 0 saturated heterocycles. The van der Waals surface area contributed by atoms with E-state index < -0.39 is 0 Å². The minimum Gasteiger partial charge on any atom is -0.300 e. The van der Waals surface area contributed by atoms with Crippen LogP contribution < -0.4 is 0 Å². The van der Waals surface area contributed by atoms with Crippen molar-refractivity contribution in [2.24, 2.45) is 5.92 Å². The zero-order valence-electron chi connectivity index (χ0n) is 9.18. The first kappa shape index (κ1) is 12.4. The van der Waals surface area contributed by atoms with Gasteiger partial charge >= 0.3 is 0 Å². The molecule has 0 aromatic heterocycles. The lowest BCUT2D eigenvalue weighted by molar-refractivity contribution is -0.117. The molecule has 0 fully saturated rings. The third-order valence-corrected chi connectivity index (χ3v) is 2.05. The number of allylic oxidation sites excluding steroid dienone is 2. The van der Waals surface area contributed by atoms with E-state index in [1.807, 2.05) is 0 Å². The lowest BCUT2D eigenvalue weighted by Gasteiger charge is -2.01. The van der Waals surface area contributed by atoms with E-state index in [2.05, 4.69) is 26.0 Å². The van der Waals surface area contributed by atoms with Crippen molar-refractivity contribution in [2.45, 2.75) is 52.9 Å². The molecule has 0 aromatic carbocycles. The molecule has 0 aliphatic heterocycles. The third kappa shape index (κ3) is 9.32. The highest BCUT2D eigenvalue weighted by molar-refractivity contribution is 5.75. The molecule has 0 amide bonds. The quantitative estimate of drug-likeness (QED) is 0.433. The molecular formula is C12H22O. The lowest BCUT2D eigenvalue weighted by Crippen LogP contribution is -1.97. The Balaban J connectivity index is 3.41. The molecule has 0 rings (SSSR count). The van der Waals surface area contributed by atoms with Crippen LogP contribution in [-0.2, 0) is 4.79 Å². The van der Waals surface area contributed by atoms with Crippen LogP contribution in [0.4, 0.5) is 0 Å². The number of carbonyl (C=O) groups is 1. The minimum atomic E-state index is 0.283. The van der Waals surface area contributed by atoms with Crippen LogP contribution >= 0.6 is 0 Å². The molecule has 0 saturated carbocycles. The van der Waals surface area contributed by atoms with E-state index in [4.69, 9.17) is 0 Å². The van der Waals surface area contributed by atoms with Gasteiger partial charge in [0.2, 0.25) is 0 Å². The Morgan fingerprint density at radius 1 is 1.38 bits per heavy atom. The number of rotatable bonds is 7. The van der Waals surface area contributed by atoms with Gasteiger partial charge in [-0.15, -0.1) is 0 Å². The van der Waals surface area contributed by atoms with Crippen LogP contribution in [-0.4, -0.2) is 5.78 Å². The van der Waals surface area contributed by atoms with Crippen LogP contribution in [0.1, 0.15) is 52.9 Å². The zero-order chi connectivity index (χ0) is 10.1. The monoisotopic (exact) mass is 182 g/mol. The molecule has 0 aliphatic rings. The largest absolute Gasteiger partial charge is 0.300 e. The summed E-state index contributed by atoms with van der Waals surface area (Å²) in [5.41, 5.74) is 0. The van der Waals surface area contributed by atoms with Crippen LogP contribution in [0.15, 0.2) is 12.2 Å². The molecule has 1 atom stereocenters. The summed E-state index contributed by atoms with van der Waals surface area (Å²) in [6, 6.07) is 0. The van der Waals surface area contributed by atoms with E-state index in [0.717, 1.165) is 6.42 Å². The van der Waals surface area contributed by atoms with E-state index in [1.165, 1.54) is 19.3 Å². The molecule has 1 nitrogen and oxygen atoms in total. The van der Waals surface area contributed by atoms with Gasteiger partial charge in [-0.25, -0.2) is 0 Å². The zero-order valence-corrected chi connectivity index (χ0v) is 9.18. The number of unbranched alkanes of at least 4 members (excludes halogenated alkanes) is 3. The average molecular weight is 182 g/mol. The summed E-state index contributed by atoms with van der Waals surface area (Å²) in [6.07, 6.45) is 10.1. The van der Waals surface area contributed by atoms with Crippen LogP contribution in [0.3, 0.4) is 0 Å². The Morgan fingerprint density at radius 3 is 2.62 bits per heavy atom. The first-order chi connectivity index (χ1) is 6.16. The van der Waals surface area contributed by atoms with Crippen molar-refractivity contribution in [1.29, 1.82) is 0 Å².